The first-order valence-corrected chi connectivity index (χ1v) is 5.96. The SMILES string of the molecule is CC(C)(C)OC(=O)c1ccc(OCCC(=O)O)cc1. The van der Waals surface area contributed by atoms with Crippen LogP contribution in [0, 0.1) is 0 Å². The normalized spacial score (nSPS) is 10.9. The molecule has 0 saturated heterocycles. The van der Waals surface area contributed by atoms with Crippen molar-refractivity contribution in [3.63, 3.8) is 0 Å². The molecule has 19 heavy (non-hydrogen) atoms. The van der Waals surface area contributed by atoms with Crippen molar-refractivity contribution in [1.82, 2.24) is 0 Å². The van der Waals surface area contributed by atoms with Crippen LogP contribution in [0.4, 0.5) is 0 Å². The molecule has 0 aliphatic rings. The lowest BCUT2D eigenvalue weighted by atomic mass is 10.1. The first kappa shape index (κ1) is 15.0. The van der Waals surface area contributed by atoms with Crippen molar-refractivity contribution < 1.29 is 24.2 Å². The monoisotopic (exact) mass is 266 g/mol. The fourth-order valence-corrected chi connectivity index (χ4v) is 1.28. The van der Waals surface area contributed by atoms with E-state index in [1.807, 2.05) is 0 Å². The quantitative estimate of drug-likeness (QED) is 0.829. The lowest BCUT2D eigenvalue weighted by molar-refractivity contribution is -0.137. The molecule has 0 atom stereocenters. The van der Waals surface area contributed by atoms with E-state index in [9.17, 15) is 9.59 Å². The summed E-state index contributed by atoms with van der Waals surface area (Å²) in [5.41, 5.74) is -0.103. The second-order valence-corrected chi connectivity index (χ2v) is 5.02. The van der Waals surface area contributed by atoms with E-state index in [1.54, 1.807) is 45.0 Å². The van der Waals surface area contributed by atoms with Crippen LogP contribution in [0.1, 0.15) is 37.6 Å². The number of rotatable bonds is 5. The largest absolute Gasteiger partial charge is 0.493 e. The van der Waals surface area contributed by atoms with Crippen LogP contribution in [0.2, 0.25) is 0 Å². The molecule has 5 heteroatoms. The Morgan fingerprint density at radius 3 is 2.21 bits per heavy atom. The van der Waals surface area contributed by atoms with Gasteiger partial charge in [0.15, 0.2) is 0 Å². The molecule has 0 spiro atoms. The Balaban J connectivity index is 2.56. The summed E-state index contributed by atoms with van der Waals surface area (Å²) in [5, 5.41) is 8.48. The third-order valence-corrected chi connectivity index (χ3v) is 2.07. The van der Waals surface area contributed by atoms with Gasteiger partial charge in [-0.3, -0.25) is 4.79 Å². The predicted molar refractivity (Wildman–Crippen MR) is 69.4 cm³/mol. The summed E-state index contributed by atoms with van der Waals surface area (Å²) < 4.78 is 10.4. The van der Waals surface area contributed by atoms with Gasteiger partial charge in [-0.05, 0) is 45.0 Å². The summed E-state index contributed by atoms with van der Waals surface area (Å²) in [6, 6.07) is 6.40. The lowest BCUT2D eigenvalue weighted by Gasteiger charge is -2.19. The first-order chi connectivity index (χ1) is 8.78. The summed E-state index contributed by atoms with van der Waals surface area (Å²) in [5.74, 6) is -0.788. The highest BCUT2D eigenvalue weighted by Gasteiger charge is 2.17. The van der Waals surface area contributed by atoms with Crippen LogP contribution in [0.5, 0.6) is 5.75 Å². The highest BCUT2D eigenvalue weighted by atomic mass is 16.6. The maximum atomic E-state index is 11.7. The molecule has 0 radical (unpaired) electrons. The zero-order valence-corrected chi connectivity index (χ0v) is 11.3. The molecule has 1 aromatic rings. The van der Waals surface area contributed by atoms with Gasteiger partial charge >= 0.3 is 11.9 Å². The van der Waals surface area contributed by atoms with Crippen LogP contribution < -0.4 is 4.74 Å². The molecule has 0 unspecified atom stereocenters. The Hall–Kier alpha value is -2.04. The fraction of sp³-hybridized carbons (Fsp3) is 0.429. The summed E-state index contributed by atoms with van der Waals surface area (Å²) in [6.45, 7) is 5.50. The standard InChI is InChI=1S/C14H18O5/c1-14(2,3)19-13(17)10-4-6-11(7-5-10)18-9-8-12(15)16/h4-7H,8-9H2,1-3H3,(H,15,16). The van der Waals surface area contributed by atoms with Crippen molar-refractivity contribution in [2.75, 3.05) is 6.61 Å². The van der Waals surface area contributed by atoms with Gasteiger partial charge in [0, 0.05) is 0 Å². The van der Waals surface area contributed by atoms with E-state index >= 15 is 0 Å². The number of carboxylic acid groups (broad SMARTS) is 1. The maximum absolute atomic E-state index is 11.7. The van der Waals surface area contributed by atoms with Gasteiger partial charge in [-0.25, -0.2) is 4.79 Å². The van der Waals surface area contributed by atoms with E-state index in [4.69, 9.17) is 14.6 Å². The molecular weight excluding hydrogens is 248 g/mol. The minimum absolute atomic E-state index is 0.0617. The average Bonchev–Trinajstić information content (AvgIpc) is 2.27. The van der Waals surface area contributed by atoms with Crippen LogP contribution in [0.25, 0.3) is 0 Å². The Bertz CT molecular complexity index is 442. The summed E-state index contributed by atoms with van der Waals surface area (Å²) in [7, 11) is 0. The summed E-state index contributed by atoms with van der Waals surface area (Å²) in [6.07, 6.45) is -0.0617. The summed E-state index contributed by atoms with van der Waals surface area (Å²) in [4.78, 5) is 22.1. The third kappa shape index (κ3) is 5.90. The van der Waals surface area contributed by atoms with Crippen LogP contribution in [-0.4, -0.2) is 29.3 Å². The molecule has 104 valence electrons. The Labute approximate surface area is 112 Å². The molecule has 0 aromatic heterocycles. The highest BCUT2D eigenvalue weighted by Crippen LogP contribution is 2.16. The van der Waals surface area contributed by atoms with Gasteiger partial charge in [-0.2, -0.15) is 0 Å². The number of aliphatic carboxylic acids is 1. The number of carbonyl (C=O) groups excluding carboxylic acids is 1. The van der Waals surface area contributed by atoms with Crippen LogP contribution in [-0.2, 0) is 9.53 Å². The highest BCUT2D eigenvalue weighted by molar-refractivity contribution is 5.89. The zero-order valence-electron chi connectivity index (χ0n) is 11.3. The maximum Gasteiger partial charge on any atom is 0.338 e. The molecule has 0 fully saturated rings. The van der Waals surface area contributed by atoms with Gasteiger partial charge in [0.05, 0.1) is 18.6 Å². The Morgan fingerprint density at radius 2 is 1.74 bits per heavy atom. The van der Waals surface area contributed by atoms with Gasteiger partial charge in [0.2, 0.25) is 0 Å². The second-order valence-electron chi connectivity index (χ2n) is 5.02. The van der Waals surface area contributed by atoms with Gasteiger partial charge in [0.25, 0.3) is 0 Å². The number of carboxylic acids is 1. The van der Waals surface area contributed by atoms with Crippen molar-refractivity contribution in [3.8, 4) is 5.75 Å². The van der Waals surface area contributed by atoms with Crippen molar-refractivity contribution in [2.24, 2.45) is 0 Å². The molecule has 0 aliphatic carbocycles. The van der Waals surface area contributed by atoms with Gasteiger partial charge in [-0.1, -0.05) is 0 Å². The second kappa shape index (κ2) is 6.22. The molecule has 0 heterocycles. The first-order valence-electron chi connectivity index (χ1n) is 5.96. The van der Waals surface area contributed by atoms with E-state index in [2.05, 4.69) is 0 Å². The molecule has 1 rings (SSSR count). The van der Waals surface area contributed by atoms with Crippen molar-refractivity contribution in [1.29, 1.82) is 0 Å². The van der Waals surface area contributed by atoms with Gasteiger partial charge < -0.3 is 14.6 Å². The van der Waals surface area contributed by atoms with E-state index in [0.717, 1.165) is 0 Å². The van der Waals surface area contributed by atoms with Gasteiger partial charge in [-0.15, -0.1) is 0 Å². The predicted octanol–water partition coefficient (Wildman–Crippen LogP) is 2.50. The van der Waals surface area contributed by atoms with Crippen LogP contribution >= 0.6 is 0 Å². The van der Waals surface area contributed by atoms with Crippen molar-refractivity contribution in [3.05, 3.63) is 29.8 Å². The van der Waals surface area contributed by atoms with E-state index in [1.165, 1.54) is 0 Å². The average molecular weight is 266 g/mol. The number of hydrogen-bond acceptors (Lipinski definition) is 4. The lowest BCUT2D eigenvalue weighted by Crippen LogP contribution is -2.23. The van der Waals surface area contributed by atoms with Crippen molar-refractivity contribution >= 4 is 11.9 Å². The van der Waals surface area contributed by atoms with E-state index < -0.39 is 17.5 Å². The van der Waals surface area contributed by atoms with E-state index in [-0.39, 0.29) is 13.0 Å². The minimum atomic E-state index is -0.912. The number of esters is 1. The van der Waals surface area contributed by atoms with Crippen molar-refractivity contribution in [2.45, 2.75) is 32.8 Å². The molecule has 1 aromatic carbocycles. The third-order valence-electron chi connectivity index (χ3n) is 2.07. The molecule has 0 amide bonds. The topological polar surface area (TPSA) is 72.8 Å². The molecule has 1 N–H and O–H groups in total. The Morgan fingerprint density at radius 1 is 1.16 bits per heavy atom. The zero-order chi connectivity index (χ0) is 14.5. The number of ether oxygens (including phenoxy) is 2. The smallest absolute Gasteiger partial charge is 0.338 e. The summed E-state index contributed by atoms with van der Waals surface area (Å²) >= 11 is 0. The number of carbonyl (C=O) groups is 2. The fourth-order valence-electron chi connectivity index (χ4n) is 1.28. The molecular formula is C14H18O5. The number of benzene rings is 1. The number of hydrogen-bond donors (Lipinski definition) is 1. The Kier molecular flexibility index (Phi) is 4.92. The molecule has 0 aliphatic heterocycles. The molecule has 0 saturated carbocycles. The minimum Gasteiger partial charge on any atom is -0.493 e. The van der Waals surface area contributed by atoms with Crippen LogP contribution in [0.15, 0.2) is 24.3 Å². The molecule has 0 bridgehead atoms. The van der Waals surface area contributed by atoms with Crippen LogP contribution in [0.3, 0.4) is 0 Å². The molecule has 5 nitrogen and oxygen atoms in total. The van der Waals surface area contributed by atoms with Gasteiger partial charge in [0.1, 0.15) is 11.4 Å². The van der Waals surface area contributed by atoms with E-state index in [0.29, 0.717) is 11.3 Å².